The van der Waals surface area contributed by atoms with Crippen molar-refractivity contribution >= 4 is 34.8 Å². The summed E-state index contributed by atoms with van der Waals surface area (Å²) in [6, 6.07) is 5.75. The molecule has 0 amide bonds. The first-order valence-electron chi connectivity index (χ1n) is 5.32. The van der Waals surface area contributed by atoms with Crippen molar-refractivity contribution in [2.45, 2.75) is 6.92 Å². The number of nitrogens with two attached hydrogens (primary N) is 1. The minimum atomic E-state index is 0.519. The van der Waals surface area contributed by atoms with Crippen LogP contribution in [0.1, 0.15) is 16.8 Å². The van der Waals surface area contributed by atoms with E-state index in [9.17, 15) is 0 Å². The molecule has 0 aliphatic rings. The quantitative estimate of drug-likeness (QED) is 0.378. The fourth-order valence-electron chi connectivity index (χ4n) is 1.82. The van der Waals surface area contributed by atoms with Crippen LogP contribution in [0.25, 0.3) is 17.0 Å². The maximum absolute atomic E-state index is 8.91. The average Bonchev–Trinajstić information content (AvgIpc) is 2.36. The second-order valence-electron chi connectivity index (χ2n) is 3.79. The van der Waals surface area contributed by atoms with Crippen LogP contribution in [0.5, 0.6) is 0 Å². The number of aryl methyl sites for hydroxylation is 1. The zero-order valence-corrected chi connectivity index (χ0v) is 10.5. The van der Waals surface area contributed by atoms with Crippen LogP contribution in [0.4, 0.5) is 0 Å². The number of benzene rings is 1. The van der Waals surface area contributed by atoms with E-state index >= 15 is 0 Å². The molecule has 0 aliphatic heterocycles. The van der Waals surface area contributed by atoms with Gasteiger partial charge in [-0.2, -0.15) is 5.10 Å². The van der Waals surface area contributed by atoms with E-state index in [0.29, 0.717) is 16.3 Å². The lowest BCUT2D eigenvalue weighted by Gasteiger charge is -2.09. The predicted molar refractivity (Wildman–Crippen MR) is 74.9 cm³/mol. The zero-order valence-electron chi connectivity index (χ0n) is 9.76. The number of aliphatic hydroxyl groups excluding tert-OH is 1. The van der Waals surface area contributed by atoms with E-state index in [-0.39, 0.29) is 0 Å². The third kappa shape index (κ3) is 2.02. The zero-order chi connectivity index (χ0) is 13.1. The topological polar surface area (TPSA) is 71.5 Å². The van der Waals surface area contributed by atoms with Gasteiger partial charge in [0.05, 0.1) is 28.7 Å². The van der Waals surface area contributed by atoms with Gasteiger partial charge in [-0.3, -0.25) is 0 Å². The van der Waals surface area contributed by atoms with Crippen LogP contribution in [0.3, 0.4) is 0 Å². The van der Waals surface area contributed by atoms with Crippen LogP contribution < -0.4 is 5.84 Å². The van der Waals surface area contributed by atoms with Crippen LogP contribution in [-0.4, -0.2) is 16.3 Å². The van der Waals surface area contributed by atoms with E-state index in [1.165, 1.54) is 12.3 Å². The average molecular weight is 262 g/mol. The molecule has 0 saturated carbocycles. The van der Waals surface area contributed by atoms with E-state index in [2.05, 4.69) is 10.1 Å². The minimum Gasteiger partial charge on any atom is -0.516 e. The normalized spacial score (nSPS) is 11.9. The number of hydrazone groups is 1. The molecule has 2 aromatic rings. The summed E-state index contributed by atoms with van der Waals surface area (Å²) in [7, 11) is 0. The molecule has 0 aliphatic carbocycles. The Hall–Kier alpha value is -2.07. The molecule has 0 saturated heterocycles. The molecule has 0 spiro atoms. The van der Waals surface area contributed by atoms with Gasteiger partial charge in [0.15, 0.2) is 0 Å². The van der Waals surface area contributed by atoms with Gasteiger partial charge >= 0.3 is 0 Å². The summed E-state index contributed by atoms with van der Waals surface area (Å²) in [6.07, 6.45) is 3.79. The summed E-state index contributed by atoms with van der Waals surface area (Å²) < 4.78 is 0. The molecular weight excluding hydrogens is 250 g/mol. The number of halogens is 1. The van der Waals surface area contributed by atoms with Crippen molar-refractivity contribution in [3.8, 4) is 0 Å². The Kier molecular flexibility index (Phi) is 3.48. The van der Waals surface area contributed by atoms with Gasteiger partial charge in [0, 0.05) is 10.9 Å². The lowest BCUT2D eigenvalue weighted by molar-refractivity contribution is 0.478. The van der Waals surface area contributed by atoms with Crippen LogP contribution in [0.15, 0.2) is 29.6 Å². The van der Waals surface area contributed by atoms with Crippen LogP contribution >= 0.6 is 11.6 Å². The molecule has 0 unspecified atom stereocenters. The summed E-state index contributed by atoms with van der Waals surface area (Å²) in [5, 5.41) is 13.7. The van der Waals surface area contributed by atoms with Crippen molar-refractivity contribution < 1.29 is 5.11 Å². The number of aromatic nitrogens is 1. The SMILES string of the molecule is Cc1cccc2c(Cl)c(/C=N/N)c(/C=C/O)nc12. The number of hydrogen-bond acceptors (Lipinski definition) is 4. The molecule has 1 heterocycles. The Balaban J connectivity index is 2.89. The Labute approximate surface area is 109 Å². The van der Waals surface area contributed by atoms with Gasteiger partial charge in [0.1, 0.15) is 0 Å². The monoisotopic (exact) mass is 261 g/mol. The third-order valence-corrected chi connectivity index (χ3v) is 3.06. The van der Waals surface area contributed by atoms with Gasteiger partial charge in [-0.25, -0.2) is 4.98 Å². The molecule has 4 nitrogen and oxygen atoms in total. The Morgan fingerprint density at radius 1 is 1.44 bits per heavy atom. The van der Waals surface area contributed by atoms with Crippen LogP contribution in [0.2, 0.25) is 5.02 Å². The van der Waals surface area contributed by atoms with E-state index in [0.717, 1.165) is 22.7 Å². The molecule has 1 aromatic carbocycles. The largest absolute Gasteiger partial charge is 0.516 e. The molecule has 0 radical (unpaired) electrons. The maximum atomic E-state index is 8.91. The highest BCUT2D eigenvalue weighted by atomic mass is 35.5. The molecule has 0 bridgehead atoms. The Morgan fingerprint density at radius 3 is 2.89 bits per heavy atom. The molecule has 0 fully saturated rings. The molecule has 18 heavy (non-hydrogen) atoms. The summed E-state index contributed by atoms with van der Waals surface area (Å²) in [5.41, 5.74) is 2.92. The van der Waals surface area contributed by atoms with Gasteiger partial charge in [-0.15, -0.1) is 0 Å². The molecule has 0 atom stereocenters. The fourth-order valence-corrected chi connectivity index (χ4v) is 2.12. The lowest BCUT2D eigenvalue weighted by atomic mass is 10.1. The molecule has 5 heteroatoms. The summed E-state index contributed by atoms with van der Waals surface area (Å²) in [6.45, 7) is 1.95. The van der Waals surface area contributed by atoms with Gasteiger partial charge in [-0.1, -0.05) is 29.8 Å². The van der Waals surface area contributed by atoms with Crippen molar-refractivity contribution in [1.29, 1.82) is 0 Å². The number of aliphatic hydroxyl groups is 1. The Morgan fingerprint density at radius 2 is 2.22 bits per heavy atom. The van der Waals surface area contributed by atoms with Crippen molar-refractivity contribution in [2.24, 2.45) is 10.9 Å². The highest BCUT2D eigenvalue weighted by molar-refractivity contribution is 6.38. The fraction of sp³-hybridized carbons (Fsp3) is 0.0769. The number of nitrogens with zero attached hydrogens (tertiary/aromatic N) is 2. The second-order valence-corrected chi connectivity index (χ2v) is 4.17. The van der Waals surface area contributed by atoms with Crippen LogP contribution in [0, 0.1) is 6.92 Å². The number of hydrogen-bond donors (Lipinski definition) is 2. The maximum Gasteiger partial charge on any atom is 0.0813 e. The lowest BCUT2D eigenvalue weighted by Crippen LogP contribution is -1.98. The third-order valence-electron chi connectivity index (χ3n) is 2.65. The van der Waals surface area contributed by atoms with Crippen molar-refractivity contribution in [3.63, 3.8) is 0 Å². The van der Waals surface area contributed by atoms with E-state index in [1.54, 1.807) is 0 Å². The smallest absolute Gasteiger partial charge is 0.0813 e. The molecular formula is C13H12ClN3O. The van der Waals surface area contributed by atoms with Crippen molar-refractivity contribution in [1.82, 2.24) is 4.98 Å². The summed E-state index contributed by atoms with van der Waals surface area (Å²) in [5.74, 6) is 5.16. The van der Waals surface area contributed by atoms with E-state index in [4.69, 9.17) is 22.6 Å². The van der Waals surface area contributed by atoms with Gasteiger partial charge in [0.25, 0.3) is 0 Å². The molecule has 1 aromatic heterocycles. The van der Waals surface area contributed by atoms with Crippen molar-refractivity contribution in [3.05, 3.63) is 46.3 Å². The predicted octanol–water partition coefficient (Wildman–Crippen LogP) is 3.02. The number of para-hydroxylation sites is 1. The summed E-state index contributed by atoms with van der Waals surface area (Å²) >= 11 is 6.33. The number of rotatable bonds is 2. The number of fused-ring (bicyclic) bond motifs is 1. The standard InChI is InChI=1S/C13H12ClN3O/c1-8-3-2-4-9-12(14)10(7-16-15)11(5-6-18)17-13(8)9/h2-7,18H,15H2,1H3/b6-5+,16-7+. The second kappa shape index (κ2) is 5.06. The first-order valence-corrected chi connectivity index (χ1v) is 5.69. The molecule has 2 rings (SSSR count). The molecule has 92 valence electrons. The van der Waals surface area contributed by atoms with Crippen LogP contribution in [-0.2, 0) is 0 Å². The Bertz CT molecular complexity index is 650. The van der Waals surface area contributed by atoms with Gasteiger partial charge in [-0.05, 0) is 18.6 Å². The first-order chi connectivity index (χ1) is 8.69. The highest BCUT2D eigenvalue weighted by Crippen LogP contribution is 2.29. The van der Waals surface area contributed by atoms with Gasteiger partial charge in [0.2, 0.25) is 0 Å². The van der Waals surface area contributed by atoms with Crippen molar-refractivity contribution in [2.75, 3.05) is 0 Å². The number of pyridine rings is 1. The first kappa shape index (κ1) is 12.4. The summed E-state index contributed by atoms with van der Waals surface area (Å²) in [4.78, 5) is 4.47. The minimum absolute atomic E-state index is 0.519. The van der Waals surface area contributed by atoms with E-state index < -0.39 is 0 Å². The molecule has 3 N–H and O–H groups in total. The van der Waals surface area contributed by atoms with Gasteiger partial charge < -0.3 is 10.9 Å². The highest BCUT2D eigenvalue weighted by Gasteiger charge is 2.11. The van der Waals surface area contributed by atoms with E-state index in [1.807, 2.05) is 25.1 Å².